The van der Waals surface area contributed by atoms with Crippen LogP contribution in [0, 0.1) is 0 Å². The average Bonchev–Trinajstić information content (AvgIpc) is 3.32. The van der Waals surface area contributed by atoms with Gasteiger partial charge in [0, 0.05) is 28.9 Å². The van der Waals surface area contributed by atoms with E-state index in [0.717, 1.165) is 38.9 Å². The van der Waals surface area contributed by atoms with Crippen LogP contribution >= 0.6 is 0 Å². The third kappa shape index (κ3) is 5.18. The maximum atomic E-state index is 13.1. The Labute approximate surface area is 234 Å². The van der Waals surface area contributed by atoms with Gasteiger partial charge >= 0.3 is 5.97 Å². The fourth-order valence-corrected chi connectivity index (χ4v) is 5.46. The number of fused-ring (bicyclic) bond motifs is 1. The average molecular weight is 556 g/mol. The van der Waals surface area contributed by atoms with Crippen molar-refractivity contribution in [3.63, 3.8) is 0 Å². The molecule has 0 spiro atoms. The van der Waals surface area contributed by atoms with Crippen LogP contribution in [0.4, 0.5) is 11.5 Å². The van der Waals surface area contributed by atoms with Crippen molar-refractivity contribution >= 4 is 40.5 Å². The Morgan fingerprint density at radius 3 is 2.38 bits per heavy atom. The molecular weight excluding hydrogens is 528 g/mol. The number of aliphatic imine (C=N–C) groups is 1. The van der Waals surface area contributed by atoms with Gasteiger partial charge in [-0.3, -0.25) is 14.0 Å². The lowest BCUT2D eigenvalue weighted by Crippen LogP contribution is -2.33. The van der Waals surface area contributed by atoms with E-state index in [9.17, 15) is 23.5 Å². The summed E-state index contributed by atoms with van der Waals surface area (Å²) in [7, 11) is 0. The van der Waals surface area contributed by atoms with Gasteiger partial charge in [0.2, 0.25) is 5.84 Å². The molecule has 1 aromatic heterocycles. The molecule has 0 radical (unpaired) electrons. The predicted molar refractivity (Wildman–Crippen MR) is 154 cm³/mol. The summed E-state index contributed by atoms with van der Waals surface area (Å²) in [5.74, 6) is -1.11. The Morgan fingerprint density at radius 2 is 1.73 bits per heavy atom. The fraction of sp³-hybridized carbons (Fsp3) is 0.167. The number of nitrogens with one attached hydrogen (secondary N) is 1. The minimum atomic E-state index is -2.84. The molecule has 0 saturated carbocycles. The van der Waals surface area contributed by atoms with Gasteiger partial charge in [-0.2, -0.15) is 0 Å². The molecule has 4 aromatic rings. The highest BCUT2D eigenvalue weighted by atomic mass is 32.2. The number of carboxylic acids is 1. The minimum Gasteiger partial charge on any atom is -0.755 e. The first-order valence-corrected chi connectivity index (χ1v) is 13.8. The summed E-state index contributed by atoms with van der Waals surface area (Å²) < 4.78 is 27.3. The fourth-order valence-electron chi connectivity index (χ4n) is 4.90. The van der Waals surface area contributed by atoms with Crippen molar-refractivity contribution in [2.45, 2.75) is 32.9 Å². The van der Waals surface area contributed by atoms with Gasteiger partial charge in [-0.1, -0.05) is 67.6 Å². The third-order valence-electron chi connectivity index (χ3n) is 6.87. The number of carbonyl (C=O) groups excluding carboxylic acids is 1. The zero-order valence-corrected chi connectivity index (χ0v) is 22.7. The van der Waals surface area contributed by atoms with Crippen LogP contribution in [0.3, 0.4) is 0 Å². The molecule has 0 fully saturated rings. The number of para-hydroxylation sites is 1. The number of hydrogen-bond donors (Lipinski definition) is 2. The van der Waals surface area contributed by atoms with Crippen molar-refractivity contribution in [1.29, 1.82) is 0 Å². The van der Waals surface area contributed by atoms with Gasteiger partial charge < -0.3 is 19.5 Å². The van der Waals surface area contributed by atoms with E-state index in [1.165, 1.54) is 0 Å². The van der Waals surface area contributed by atoms with Gasteiger partial charge in [0.25, 0.3) is 5.91 Å². The molecule has 5 rings (SSSR count). The molecule has 0 bridgehead atoms. The van der Waals surface area contributed by atoms with Crippen LogP contribution in [0.5, 0.6) is 0 Å². The van der Waals surface area contributed by atoms with Crippen LogP contribution in [0.2, 0.25) is 0 Å². The Hall–Kier alpha value is -4.54. The highest BCUT2D eigenvalue weighted by molar-refractivity contribution is 7.81. The van der Waals surface area contributed by atoms with Crippen LogP contribution in [0.1, 0.15) is 47.1 Å². The maximum Gasteiger partial charge on any atom is 0.371 e. The first kappa shape index (κ1) is 27.0. The molecule has 40 heavy (non-hydrogen) atoms. The van der Waals surface area contributed by atoms with E-state index in [2.05, 4.69) is 20.9 Å². The molecule has 0 saturated heterocycles. The lowest BCUT2D eigenvalue weighted by atomic mass is 10.0. The van der Waals surface area contributed by atoms with Crippen molar-refractivity contribution in [3.05, 3.63) is 107 Å². The number of amidine groups is 1. The highest BCUT2D eigenvalue weighted by Crippen LogP contribution is 2.35. The van der Waals surface area contributed by atoms with Gasteiger partial charge in [0.1, 0.15) is 5.82 Å². The molecule has 0 aliphatic carbocycles. The molecule has 2 heterocycles. The van der Waals surface area contributed by atoms with E-state index >= 15 is 0 Å². The number of aryl methyl sites for hydroxylation is 1. The Balaban J connectivity index is 1.46. The SMILES string of the molecule is CCc1cc2c(n1Cc1ccc(-c3ccccc3N(C(=O)c3ccccc3)S(=O)[O-])cc1)NC(C(=O)O)=NC2C. The van der Waals surface area contributed by atoms with E-state index in [1.54, 1.807) is 54.6 Å². The molecular formula is C30H27N4O5S-. The zero-order valence-electron chi connectivity index (χ0n) is 21.9. The molecule has 2 atom stereocenters. The number of rotatable bonds is 8. The second kappa shape index (κ2) is 11.3. The number of benzene rings is 3. The summed E-state index contributed by atoms with van der Waals surface area (Å²) in [5, 5.41) is 12.5. The summed E-state index contributed by atoms with van der Waals surface area (Å²) in [5.41, 5.74) is 4.81. The molecule has 1 amide bonds. The van der Waals surface area contributed by atoms with Crippen LogP contribution in [0.25, 0.3) is 11.1 Å². The van der Waals surface area contributed by atoms with Crippen LogP contribution in [-0.2, 0) is 29.0 Å². The van der Waals surface area contributed by atoms with E-state index in [-0.39, 0.29) is 23.1 Å². The highest BCUT2D eigenvalue weighted by Gasteiger charge is 2.27. The Morgan fingerprint density at radius 1 is 1.05 bits per heavy atom. The van der Waals surface area contributed by atoms with Crippen molar-refractivity contribution in [1.82, 2.24) is 4.57 Å². The molecule has 1 aliphatic heterocycles. The van der Waals surface area contributed by atoms with E-state index in [0.29, 0.717) is 12.1 Å². The second-order valence-electron chi connectivity index (χ2n) is 9.36. The Kier molecular flexibility index (Phi) is 7.63. The van der Waals surface area contributed by atoms with E-state index in [4.69, 9.17) is 0 Å². The quantitative estimate of drug-likeness (QED) is 0.289. The number of carbonyl (C=O) groups is 2. The van der Waals surface area contributed by atoms with Gasteiger partial charge in [0.15, 0.2) is 0 Å². The number of carboxylic acid groups (broad SMARTS) is 1. The van der Waals surface area contributed by atoms with Crippen LogP contribution < -0.4 is 9.62 Å². The second-order valence-corrected chi connectivity index (χ2v) is 10.2. The largest absolute Gasteiger partial charge is 0.755 e. The number of nitrogens with zero attached hydrogens (tertiary/aromatic N) is 3. The zero-order chi connectivity index (χ0) is 28.4. The lowest BCUT2D eigenvalue weighted by Gasteiger charge is -2.26. The van der Waals surface area contributed by atoms with Gasteiger partial charge in [-0.15, -0.1) is 0 Å². The topological polar surface area (TPSA) is 127 Å². The van der Waals surface area contributed by atoms with Crippen molar-refractivity contribution < 1.29 is 23.5 Å². The smallest absolute Gasteiger partial charge is 0.371 e. The van der Waals surface area contributed by atoms with Crippen LogP contribution in [0.15, 0.2) is 89.9 Å². The normalized spacial score (nSPS) is 15.0. The molecule has 9 nitrogen and oxygen atoms in total. The van der Waals surface area contributed by atoms with Gasteiger partial charge in [-0.25, -0.2) is 9.10 Å². The van der Waals surface area contributed by atoms with E-state index in [1.807, 2.05) is 38.1 Å². The van der Waals surface area contributed by atoms with Crippen LogP contribution in [-0.4, -0.2) is 36.1 Å². The van der Waals surface area contributed by atoms with Gasteiger partial charge in [-0.05, 0) is 48.7 Å². The molecule has 3 aromatic carbocycles. The third-order valence-corrected chi connectivity index (χ3v) is 7.53. The lowest BCUT2D eigenvalue weighted by molar-refractivity contribution is -0.129. The summed E-state index contributed by atoms with van der Waals surface area (Å²) >= 11 is -2.84. The molecule has 2 N–H and O–H groups in total. The summed E-state index contributed by atoms with van der Waals surface area (Å²) in [4.78, 5) is 29.0. The number of amides is 1. The molecule has 2 unspecified atom stereocenters. The first-order valence-electron chi connectivity index (χ1n) is 12.8. The number of aliphatic carboxylic acids is 1. The van der Waals surface area contributed by atoms with E-state index < -0.39 is 23.1 Å². The molecule has 10 heteroatoms. The summed E-state index contributed by atoms with van der Waals surface area (Å²) in [6, 6.07) is 24.6. The monoisotopic (exact) mass is 555 g/mol. The first-order chi connectivity index (χ1) is 19.3. The summed E-state index contributed by atoms with van der Waals surface area (Å²) in [6.07, 6.45) is 0.757. The number of hydrogen-bond acceptors (Lipinski definition) is 6. The summed E-state index contributed by atoms with van der Waals surface area (Å²) in [6.45, 7) is 4.42. The van der Waals surface area contributed by atoms with Crippen molar-refractivity contribution in [3.8, 4) is 11.1 Å². The number of aromatic nitrogens is 1. The Bertz CT molecular complexity index is 1630. The maximum absolute atomic E-state index is 13.1. The van der Waals surface area contributed by atoms with Crippen molar-refractivity contribution in [2.24, 2.45) is 4.99 Å². The van der Waals surface area contributed by atoms with Gasteiger partial charge in [0.05, 0.1) is 23.0 Å². The predicted octanol–water partition coefficient (Wildman–Crippen LogP) is 5.18. The standard InChI is InChI=1S/C30H28N4O5S/c1-3-23-17-25-19(2)31-27(30(36)37)32-28(25)33(23)18-20-13-15-21(16-14-20)24-11-7-8-12-26(24)34(40(38)39)29(35)22-9-5-4-6-10-22/h4-17,19H,3,18H2,1-2H3,(H,31,32)(H,36,37)(H,38,39)/p-1. The molecule has 204 valence electrons. The minimum absolute atomic E-state index is 0.0840. The van der Waals surface area contributed by atoms with Crippen molar-refractivity contribution in [2.75, 3.05) is 9.62 Å². The molecule has 1 aliphatic rings. The number of anilines is 2.